The molecule has 1 amide bonds. The second kappa shape index (κ2) is 8.56. The van der Waals surface area contributed by atoms with Gasteiger partial charge in [-0.05, 0) is 49.8 Å². The highest BCUT2D eigenvalue weighted by atomic mass is 19.3. The van der Waals surface area contributed by atoms with E-state index in [0.717, 1.165) is 43.2 Å². The molecule has 0 aliphatic heterocycles. The Kier molecular flexibility index (Phi) is 5.84. The Morgan fingerprint density at radius 2 is 1.81 bits per heavy atom. The van der Waals surface area contributed by atoms with Crippen molar-refractivity contribution in [2.75, 3.05) is 6.54 Å². The van der Waals surface area contributed by atoms with Crippen molar-refractivity contribution in [1.29, 1.82) is 0 Å². The van der Waals surface area contributed by atoms with Gasteiger partial charge in [-0.25, -0.2) is 17.6 Å². The highest BCUT2D eigenvalue weighted by Gasteiger charge is 2.24. The number of carbonyl (C=O) groups is 1. The number of carbonyl (C=O) groups excluding carboxylic acids is 1. The van der Waals surface area contributed by atoms with Gasteiger partial charge in [-0.1, -0.05) is 12.1 Å². The van der Waals surface area contributed by atoms with Gasteiger partial charge >= 0.3 is 0 Å². The zero-order valence-electron chi connectivity index (χ0n) is 16.5. The van der Waals surface area contributed by atoms with Crippen molar-refractivity contribution < 1.29 is 27.5 Å². The number of alkyl halides is 2. The molecule has 0 spiro atoms. The third-order valence-electron chi connectivity index (χ3n) is 5.82. The second-order valence-corrected chi connectivity index (χ2v) is 7.90. The van der Waals surface area contributed by atoms with Crippen LogP contribution in [0.1, 0.15) is 54.1 Å². The first-order chi connectivity index (χ1) is 14.8. The number of phenolic OH excluding ortho intramolecular Hbond substituents is 1. The standard InChI is InChI=1S/C22H21F4N3O2/c23-17-7-15(8-18(24)20(17)30)22(31)27-10-12-1-5-16(6-2-12)29-11-14-4-3-13(21(25)26)9-19(14)28-29/h3-4,7-9,11-12,16,21,30H,1-2,5-6,10H2,(H,27,31). The van der Waals surface area contributed by atoms with Gasteiger partial charge in [0.25, 0.3) is 12.3 Å². The number of benzene rings is 2. The molecule has 5 nitrogen and oxygen atoms in total. The molecule has 0 atom stereocenters. The Bertz CT molecular complexity index is 1080. The van der Waals surface area contributed by atoms with Gasteiger partial charge in [0, 0.05) is 29.3 Å². The van der Waals surface area contributed by atoms with E-state index in [1.807, 2.05) is 10.9 Å². The number of nitrogens with zero attached hydrogens (tertiary/aromatic N) is 2. The van der Waals surface area contributed by atoms with Crippen molar-refractivity contribution in [1.82, 2.24) is 15.1 Å². The Balaban J connectivity index is 1.33. The van der Waals surface area contributed by atoms with Crippen molar-refractivity contribution >= 4 is 16.8 Å². The SMILES string of the molecule is O=C(NCC1CCC(n2cc3ccc(C(F)F)cc3n2)CC1)c1cc(F)c(O)c(F)c1. The monoisotopic (exact) mass is 435 g/mol. The lowest BCUT2D eigenvalue weighted by atomic mass is 9.86. The van der Waals surface area contributed by atoms with E-state index in [4.69, 9.17) is 5.11 Å². The maximum Gasteiger partial charge on any atom is 0.263 e. The minimum absolute atomic E-state index is 0.0504. The summed E-state index contributed by atoms with van der Waals surface area (Å²) in [4.78, 5) is 12.2. The Morgan fingerprint density at radius 3 is 2.45 bits per heavy atom. The van der Waals surface area contributed by atoms with E-state index < -0.39 is 29.7 Å². The average molecular weight is 435 g/mol. The first-order valence-electron chi connectivity index (χ1n) is 10.0. The third-order valence-corrected chi connectivity index (χ3v) is 5.82. The molecule has 1 aromatic heterocycles. The molecule has 1 aliphatic carbocycles. The summed E-state index contributed by atoms with van der Waals surface area (Å²) in [5, 5.41) is 17.1. The third kappa shape index (κ3) is 4.50. The van der Waals surface area contributed by atoms with E-state index in [2.05, 4.69) is 10.4 Å². The van der Waals surface area contributed by atoms with Crippen LogP contribution in [-0.4, -0.2) is 27.3 Å². The zero-order chi connectivity index (χ0) is 22.1. The van der Waals surface area contributed by atoms with Gasteiger partial charge in [-0.2, -0.15) is 5.10 Å². The number of hydrogen-bond donors (Lipinski definition) is 2. The van der Waals surface area contributed by atoms with Crippen LogP contribution in [0.4, 0.5) is 17.6 Å². The molecular weight excluding hydrogens is 414 g/mol. The van der Waals surface area contributed by atoms with E-state index in [9.17, 15) is 22.4 Å². The van der Waals surface area contributed by atoms with Crippen LogP contribution in [0.25, 0.3) is 10.9 Å². The molecule has 1 fully saturated rings. The maximum atomic E-state index is 13.4. The van der Waals surface area contributed by atoms with Crippen LogP contribution in [0.5, 0.6) is 5.75 Å². The summed E-state index contributed by atoms with van der Waals surface area (Å²) in [6, 6.07) is 6.21. The predicted octanol–water partition coefficient (Wildman–Crippen LogP) is 5.12. The van der Waals surface area contributed by atoms with Crippen molar-refractivity contribution in [3.05, 3.63) is 59.3 Å². The topological polar surface area (TPSA) is 67.2 Å². The number of rotatable bonds is 5. The van der Waals surface area contributed by atoms with Gasteiger partial charge in [0.2, 0.25) is 0 Å². The highest BCUT2D eigenvalue weighted by Crippen LogP contribution is 2.33. The molecule has 4 rings (SSSR count). The molecule has 1 aliphatic rings. The molecule has 9 heteroatoms. The molecule has 1 heterocycles. The fraction of sp³-hybridized carbons (Fsp3) is 0.364. The van der Waals surface area contributed by atoms with E-state index >= 15 is 0 Å². The van der Waals surface area contributed by atoms with Gasteiger partial charge in [-0.3, -0.25) is 9.48 Å². The first-order valence-corrected chi connectivity index (χ1v) is 10.0. The number of halogens is 4. The molecule has 164 valence electrons. The van der Waals surface area contributed by atoms with E-state index in [1.54, 1.807) is 6.07 Å². The van der Waals surface area contributed by atoms with E-state index in [0.29, 0.717) is 12.1 Å². The molecule has 0 radical (unpaired) electrons. The average Bonchev–Trinajstić information content (AvgIpc) is 3.19. The molecular formula is C22H21F4N3O2. The van der Waals surface area contributed by atoms with E-state index in [1.165, 1.54) is 12.1 Å². The number of aromatic hydroxyl groups is 1. The fourth-order valence-corrected chi connectivity index (χ4v) is 4.02. The Labute approximate surface area is 175 Å². The van der Waals surface area contributed by atoms with Gasteiger partial charge in [0.15, 0.2) is 17.4 Å². The molecule has 31 heavy (non-hydrogen) atoms. The van der Waals surface area contributed by atoms with Gasteiger partial charge in [0.1, 0.15) is 0 Å². The van der Waals surface area contributed by atoms with Crippen LogP contribution < -0.4 is 5.32 Å². The maximum absolute atomic E-state index is 13.4. The van der Waals surface area contributed by atoms with Crippen LogP contribution in [0.2, 0.25) is 0 Å². The molecule has 0 unspecified atom stereocenters. The minimum atomic E-state index is -2.53. The molecule has 0 bridgehead atoms. The lowest BCUT2D eigenvalue weighted by Crippen LogP contribution is -2.31. The van der Waals surface area contributed by atoms with Crippen molar-refractivity contribution in [2.24, 2.45) is 5.92 Å². The summed E-state index contributed by atoms with van der Waals surface area (Å²) in [7, 11) is 0. The molecule has 2 N–H and O–H groups in total. The normalized spacial score (nSPS) is 19.1. The molecule has 1 saturated carbocycles. The smallest absolute Gasteiger partial charge is 0.263 e. The summed E-state index contributed by atoms with van der Waals surface area (Å²) in [6.07, 6.45) is 2.61. The van der Waals surface area contributed by atoms with Gasteiger partial charge in [0.05, 0.1) is 11.6 Å². The summed E-state index contributed by atoms with van der Waals surface area (Å²) >= 11 is 0. The number of fused-ring (bicyclic) bond motifs is 1. The lowest BCUT2D eigenvalue weighted by molar-refractivity contribution is 0.0940. The van der Waals surface area contributed by atoms with Crippen molar-refractivity contribution in [3.63, 3.8) is 0 Å². The second-order valence-electron chi connectivity index (χ2n) is 7.90. The number of phenols is 1. The fourth-order valence-electron chi connectivity index (χ4n) is 4.02. The number of hydrogen-bond acceptors (Lipinski definition) is 3. The van der Waals surface area contributed by atoms with Gasteiger partial charge < -0.3 is 10.4 Å². The van der Waals surface area contributed by atoms with Crippen molar-refractivity contribution in [3.8, 4) is 5.75 Å². The summed E-state index contributed by atoms with van der Waals surface area (Å²) < 4.78 is 54.4. The lowest BCUT2D eigenvalue weighted by Gasteiger charge is -2.28. The minimum Gasteiger partial charge on any atom is -0.503 e. The van der Waals surface area contributed by atoms with Gasteiger partial charge in [-0.15, -0.1) is 0 Å². The molecule has 3 aromatic rings. The summed E-state index contributed by atoms with van der Waals surface area (Å²) in [6.45, 7) is 0.370. The summed E-state index contributed by atoms with van der Waals surface area (Å²) in [5.41, 5.74) is 0.305. The van der Waals surface area contributed by atoms with Crippen LogP contribution in [0, 0.1) is 17.6 Å². The summed E-state index contributed by atoms with van der Waals surface area (Å²) in [5.74, 6) is -3.86. The van der Waals surface area contributed by atoms with Crippen LogP contribution in [0.3, 0.4) is 0 Å². The highest BCUT2D eigenvalue weighted by molar-refractivity contribution is 5.94. The quantitative estimate of drug-likeness (QED) is 0.547. The predicted molar refractivity (Wildman–Crippen MR) is 106 cm³/mol. The van der Waals surface area contributed by atoms with Crippen LogP contribution >= 0.6 is 0 Å². The number of aromatic nitrogens is 2. The van der Waals surface area contributed by atoms with Crippen LogP contribution in [0.15, 0.2) is 36.5 Å². The Morgan fingerprint density at radius 1 is 1.13 bits per heavy atom. The van der Waals surface area contributed by atoms with E-state index in [-0.39, 0.29) is 23.1 Å². The molecule has 2 aromatic carbocycles. The number of amides is 1. The van der Waals surface area contributed by atoms with Crippen LogP contribution in [-0.2, 0) is 0 Å². The Hall–Kier alpha value is -3.10. The zero-order valence-corrected chi connectivity index (χ0v) is 16.5. The number of nitrogens with one attached hydrogen (secondary N) is 1. The largest absolute Gasteiger partial charge is 0.503 e. The molecule has 0 saturated heterocycles. The first kappa shape index (κ1) is 21.1. The van der Waals surface area contributed by atoms with Crippen molar-refractivity contribution in [2.45, 2.75) is 38.2 Å².